The molecule has 1 N–H and O–H groups in total. The van der Waals surface area contributed by atoms with Gasteiger partial charge in [0.2, 0.25) is 0 Å². The number of benzene rings is 3. The molecule has 0 amide bonds. The summed E-state index contributed by atoms with van der Waals surface area (Å²) in [5.41, 5.74) is 3.07. The van der Waals surface area contributed by atoms with E-state index >= 15 is 0 Å². The average molecular weight is 331 g/mol. The molecule has 1 atom stereocenters. The first-order chi connectivity index (χ1) is 12.3. The second-order valence-corrected chi connectivity index (χ2v) is 5.79. The van der Waals surface area contributed by atoms with Gasteiger partial charge in [-0.15, -0.1) is 0 Å². The van der Waals surface area contributed by atoms with Crippen LogP contribution in [0.1, 0.15) is 28.8 Å². The lowest BCUT2D eigenvalue weighted by Crippen LogP contribution is -2.33. The van der Waals surface area contributed by atoms with Crippen LogP contribution in [0.15, 0.2) is 91.0 Å². The van der Waals surface area contributed by atoms with E-state index in [9.17, 15) is 4.79 Å². The Balaban J connectivity index is 1.99. The molecule has 0 radical (unpaired) electrons. The molecule has 0 aliphatic rings. The van der Waals surface area contributed by atoms with Gasteiger partial charge in [0.1, 0.15) is 6.04 Å². The third-order valence-electron chi connectivity index (χ3n) is 4.17. The van der Waals surface area contributed by atoms with Crippen molar-refractivity contribution in [3.8, 4) is 0 Å². The predicted molar refractivity (Wildman–Crippen MR) is 99.1 cm³/mol. The third kappa shape index (κ3) is 4.14. The van der Waals surface area contributed by atoms with Gasteiger partial charge in [-0.2, -0.15) is 0 Å². The number of rotatable bonds is 6. The first-order valence-electron chi connectivity index (χ1n) is 8.28. The Morgan fingerprint density at radius 2 is 1.12 bits per heavy atom. The van der Waals surface area contributed by atoms with Crippen LogP contribution < -0.4 is 5.32 Å². The van der Waals surface area contributed by atoms with Crippen LogP contribution in [0.2, 0.25) is 0 Å². The zero-order chi connectivity index (χ0) is 17.5. The highest BCUT2D eigenvalue weighted by molar-refractivity contribution is 5.77. The molecule has 0 saturated heterocycles. The van der Waals surface area contributed by atoms with Gasteiger partial charge in [-0.3, -0.25) is 5.32 Å². The van der Waals surface area contributed by atoms with Crippen molar-refractivity contribution in [2.45, 2.75) is 12.1 Å². The van der Waals surface area contributed by atoms with Gasteiger partial charge in [0.15, 0.2) is 0 Å². The fraction of sp³-hybridized carbons (Fsp3) is 0.136. The quantitative estimate of drug-likeness (QED) is 0.685. The maximum absolute atomic E-state index is 12.4. The molecule has 25 heavy (non-hydrogen) atoms. The Bertz CT molecular complexity index is 749. The number of hydrogen-bond acceptors (Lipinski definition) is 3. The number of nitrogens with one attached hydrogen (secondary N) is 1. The van der Waals surface area contributed by atoms with E-state index in [1.807, 2.05) is 66.7 Å². The highest BCUT2D eigenvalue weighted by Gasteiger charge is 2.26. The molecule has 0 aliphatic heterocycles. The second-order valence-electron chi connectivity index (χ2n) is 5.79. The Kier molecular flexibility index (Phi) is 5.60. The van der Waals surface area contributed by atoms with E-state index in [4.69, 9.17) is 4.74 Å². The molecule has 0 heterocycles. The minimum atomic E-state index is -0.545. The Morgan fingerprint density at radius 1 is 0.720 bits per heavy atom. The first-order valence-corrected chi connectivity index (χ1v) is 8.28. The zero-order valence-corrected chi connectivity index (χ0v) is 14.1. The third-order valence-corrected chi connectivity index (χ3v) is 4.17. The average Bonchev–Trinajstić information content (AvgIpc) is 2.70. The second kappa shape index (κ2) is 8.27. The van der Waals surface area contributed by atoms with Crippen molar-refractivity contribution >= 4 is 5.97 Å². The fourth-order valence-electron chi connectivity index (χ4n) is 2.91. The summed E-state index contributed by atoms with van der Waals surface area (Å²) in [6.07, 6.45) is 0. The highest BCUT2D eigenvalue weighted by Crippen LogP contribution is 2.26. The molecule has 3 rings (SSSR count). The first kappa shape index (κ1) is 16.9. The molecular formula is C22H21NO2. The smallest absolute Gasteiger partial charge is 0.327 e. The molecule has 1 unspecified atom stereocenters. The lowest BCUT2D eigenvalue weighted by Gasteiger charge is -2.25. The SMILES string of the molecule is COC(=O)C(NC(c1ccccc1)c1ccccc1)c1ccccc1. The predicted octanol–water partition coefficient (Wildman–Crippen LogP) is 4.28. The minimum Gasteiger partial charge on any atom is -0.468 e. The standard InChI is InChI=1S/C22H21NO2/c1-25-22(24)21(19-15-9-4-10-16-19)23-20(17-11-5-2-6-12-17)18-13-7-3-8-14-18/h2-16,20-21,23H,1H3. The van der Waals surface area contributed by atoms with Gasteiger partial charge < -0.3 is 4.74 Å². The summed E-state index contributed by atoms with van der Waals surface area (Å²) in [5.74, 6) is -0.303. The normalized spacial score (nSPS) is 11.9. The lowest BCUT2D eigenvalue weighted by molar-refractivity contribution is -0.143. The summed E-state index contributed by atoms with van der Waals surface area (Å²) in [6.45, 7) is 0. The molecule has 0 aliphatic carbocycles. The molecule has 3 heteroatoms. The van der Waals surface area contributed by atoms with Gasteiger partial charge in [0, 0.05) is 0 Å². The Morgan fingerprint density at radius 3 is 1.52 bits per heavy atom. The molecule has 0 spiro atoms. The van der Waals surface area contributed by atoms with Crippen LogP contribution in [0.3, 0.4) is 0 Å². The zero-order valence-electron chi connectivity index (χ0n) is 14.1. The van der Waals surface area contributed by atoms with Crippen LogP contribution in [-0.2, 0) is 9.53 Å². The van der Waals surface area contributed by atoms with Crippen LogP contribution in [0, 0.1) is 0 Å². The number of hydrogen-bond donors (Lipinski definition) is 1. The largest absolute Gasteiger partial charge is 0.468 e. The van der Waals surface area contributed by atoms with Crippen LogP contribution in [0.5, 0.6) is 0 Å². The van der Waals surface area contributed by atoms with E-state index in [1.54, 1.807) is 0 Å². The van der Waals surface area contributed by atoms with Gasteiger partial charge >= 0.3 is 5.97 Å². The van der Waals surface area contributed by atoms with Gasteiger partial charge in [-0.25, -0.2) is 4.79 Å². The van der Waals surface area contributed by atoms with Crippen LogP contribution in [0.4, 0.5) is 0 Å². The molecule has 126 valence electrons. The maximum atomic E-state index is 12.4. The lowest BCUT2D eigenvalue weighted by atomic mass is 9.96. The fourth-order valence-corrected chi connectivity index (χ4v) is 2.91. The number of carbonyl (C=O) groups excluding carboxylic acids is 1. The van der Waals surface area contributed by atoms with Crippen LogP contribution in [-0.4, -0.2) is 13.1 Å². The highest BCUT2D eigenvalue weighted by atomic mass is 16.5. The molecule has 0 aromatic heterocycles. The van der Waals surface area contributed by atoms with Crippen LogP contribution >= 0.6 is 0 Å². The van der Waals surface area contributed by atoms with Gasteiger partial charge in [0.25, 0.3) is 0 Å². The van der Waals surface area contributed by atoms with Crippen molar-refractivity contribution < 1.29 is 9.53 Å². The summed E-state index contributed by atoms with van der Waals surface area (Å²) in [6, 6.07) is 29.2. The van der Waals surface area contributed by atoms with Crippen LogP contribution in [0.25, 0.3) is 0 Å². The summed E-state index contributed by atoms with van der Waals surface area (Å²) in [7, 11) is 1.42. The Labute approximate surface area is 148 Å². The van der Waals surface area contributed by atoms with Crippen molar-refractivity contribution in [1.82, 2.24) is 5.32 Å². The van der Waals surface area contributed by atoms with E-state index in [2.05, 4.69) is 29.6 Å². The van der Waals surface area contributed by atoms with Crippen molar-refractivity contribution in [3.05, 3.63) is 108 Å². The molecule has 3 nitrogen and oxygen atoms in total. The van der Waals surface area contributed by atoms with Gasteiger partial charge in [0.05, 0.1) is 13.2 Å². The summed E-state index contributed by atoms with van der Waals surface area (Å²) < 4.78 is 5.04. The molecule has 0 saturated carbocycles. The summed E-state index contributed by atoms with van der Waals surface area (Å²) in [5, 5.41) is 3.48. The van der Waals surface area contributed by atoms with Crippen molar-refractivity contribution in [2.24, 2.45) is 0 Å². The summed E-state index contributed by atoms with van der Waals surface area (Å²) in [4.78, 5) is 12.4. The molecule has 0 fully saturated rings. The number of esters is 1. The Hall–Kier alpha value is -2.91. The number of carbonyl (C=O) groups is 1. The van der Waals surface area contributed by atoms with Crippen molar-refractivity contribution in [3.63, 3.8) is 0 Å². The molecular weight excluding hydrogens is 310 g/mol. The minimum absolute atomic E-state index is 0.119. The topological polar surface area (TPSA) is 38.3 Å². The van der Waals surface area contributed by atoms with E-state index in [-0.39, 0.29) is 12.0 Å². The number of ether oxygens (including phenoxy) is 1. The summed E-state index contributed by atoms with van der Waals surface area (Å²) >= 11 is 0. The molecule has 3 aromatic carbocycles. The van der Waals surface area contributed by atoms with Gasteiger partial charge in [-0.05, 0) is 16.7 Å². The monoisotopic (exact) mass is 331 g/mol. The number of methoxy groups -OCH3 is 1. The van der Waals surface area contributed by atoms with Gasteiger partial charge in [-0.1, -0.05) is 91.0 Å². The van der Waals surface area contributed by atoms with Crippen molar-refractivity contribution in [2.75, 3.05) is 7.11 Å². The van der Waals surface area contributed by atoms with E-state index in [0.29, 0.717) is 0 Å². The van der Waals surface area contributed by atoms with Crippen molar-refractivity contribution in [1.29, 1.82) is 0 Å². The van der Waals surface area contributed by atoms with E-state index in [0.717, 1.165) is 16.7 Å². The van der Waals surface area contributed by atoms with E-state index in [1.165, 1.54) is 7.11 Å². The molecule has 0 bridgehead atoms. The van der Waals surface area contributed by atoms with E-state index < -0.39 is 6.04 Å². The molecule has 3 aromatic rings. The maximum Gasteiger partial charge on any atom is 0.327 e.